The van der Waals surface area contributed by atoms with Crippen LogP contribution in [0.5, 0.6) is 0 Å². The highest BCUT2D eigenvalue weighted by Crippen LogP contribution is 2.34. The molecule has 1 heterocycles. The van der Waals surface area contributed by atoms with Crippen molar-refractivity contribution >= 4 is 22.8 Å². The summed E-state index contributed by atoms with van der Waals surface area (Å²) in [6.07, 6.45) is 4.18. The van der Waals surface area contributed by atoms with Crippen molar-refractivity contribution in [2.24, 2.45) is 11.8 Å². The van der Waals surface area contributed by atoms with E-state index in [0.717, 1.165) is 13.0 Å². The first-order valence-corrected chi connectivity index (χ1v) is 7.71. The van der Waals surface area contributed by atoms with Crippen molar-refractivity contribution in [3.05, 3.63) is 36.5 Å². The lowest BCUT2D eigenvalue weighted by Crippen LogP contribution is -2.44. The number of aliphatic carboxylic acids is 1. The Morgan fingerprint density at radius 3 is 2.68 bits per heavy atom. The predicted molar refractivity (Wildman–Crippen MR) is 83.4 cm³/mol. The van der Waals surface area contributed by atoms with Gasteiger partial charge < -0.3 is 15.0 Å². The summed E-state index contributed by atoms with van der Waals surface area (Å²) < 4.78 is 2.17. The first-order valence-electron chi connectivity index (χ1n) is 7.71. The minimum Gasteiger partial charge on any atom is -0.481 e. The average molecular weight is 300 g/mol. The zero-order chi connectivity index (χ0) is 15.5. The topological polar surface area (TPSA) is 71.3 Å². The molecule has 3 rings (SSSR count). The van der Waals surface area contributed by atoms with Crippen molar-refractivity contribution in [2.45, 2.75) is 25.8 Å². The molecular weight excluding hydrogens is 280 g/mol. The van der Waals surface area contributed by atoms with Crippen LogP contribution in [0.3, 0.4) is 0 Å². The van der Waals surface area contributed by atoms with Crippen LogP contribution in [0.15, 0.2) is 36.5 Å². The van der Waals surface area contributed by atoms with E-state index < -0.39 is 11.9 Å². The molecule has 0 spiro atoms. The zero-order valence-electron chi connectivity index (χ0n) is 12.4. The number of fused-ring (bicyclic) bond motifs is 1. The lowest BCUT2D eigenvalue weighted by Gasteiger charge is -2.31. The molecule has 2 atom stereocenters. The molecule has 5 heteroatoms. The highest BCUT2D eigenvalue weighted by atomic mass is 16.4. The van der Waals surface area contributed by atoms with E-state index in [0.29, 0.717) is 19.4 Å². The van der Waals surface area contributed by atoms with Crippen molar-refractivity contribution in [2.75, 3.05) is 6.54 Å². The third-order valence-corrected chi connectivity index (χ3v) is 4.48. The molecule has 2 N–H and O–H groups in total. The van der Waals surface area contributed by atoms with Crippen molar-refractivity contribution < 1.29 is 14.7 Å². The van der Waals surface area contributed by atoms with Crippen LogP contribution < -0.4 is 5.32 Å². The SMILES string of the molecule is O=C(O)C1CCC1C(=O)NCCCn1ccc2ccccc21. The van der Waals surface area contributed by atoms with Crippen molar-refractivity contribution in [1.29, 1.82) is 0 Å². The van der Waals surface area contributed by atoms with Crippen LogP contribution in [0.25, 0.3) is 10.9 Å². The molecule has 1 aliphatic rings. The fraction of sp³-hybridized carbons (Fsp3) is 0.412. The Morgan fingerprint density at radius 2 is 1.95 bits per heavy atom. The second-order valence-electron chi connectivity index (χ2n) is 5.84. The van der Waals surface area contributed by atoms with Gasteiger partial charge in [0.05, 0.1) is 11.8 Å². The zero-order valence-corrected chi connectivity index (χ0v) is 12.4. The first kappa shape index (κ1) is 14.6. The summed E-state index contributed by atoms with van der Waals surface area (Å²) in [6.45, 7) is 1.41. The van der Waals surface area contributed by atoms with E-state index in [1.165, 1.54) is 10.9 Å². The number of carbonyl (C=O) groups is 2. The molecule has 1 fully saturated rings. The Kier molecular flexibility index (Phi) is 4.13. The molecular formula is C17H20N2O3. The van der Waals surface area contributed by atoms with E-state index in [1.54, 1.807) is 0 Å². The normalized spacial score (nSPS) is 20.5. The molecule has 1 aliphatic carbocycles. The van der Waals surface area contributed by atoms with Gasteiger partial charge in [-0.2, -0.15) is 0 Å². The van der Waals surface area contributed by atoms with Crippen LogP contribution >= 0.6 is 0 Å². The molecule has 2 aromatic rings. The highest BCUT2D eigenvalue weighted by molar-refractivity contribution is 5.86. The number of carboxylic acids is 1. The van der Waals surface area contributed by atoms with Gasteiger partial charge in [0.25, 0.3) is 0 Å². The summed E-state index contributed by atoms with van der Waals surface area (Å²) >= 11 is 0. The number of aryl methyl sites for hydroxylation is 1. The Labute approximate surface area is 128 Å². The van der Waals surface area contributed by atoms with Crippen LogP contribution in [0, 0.1) is 11.8 Å². The number of hydrogen-bond acceptors (Lipinski definition) is 2. The summed E-state index contributed by atoms with van der Waals surface area (Å²) in [5.74, 6) is -1.81. The van der Waals surface area contributed by atoms with Crippen molar-refractivity contribution in [3.63, 3.8) is 0 Å². The molecule has 1 aromatic heterocycles. The van der Waals surface area contributed by atoms with E-state index in [2.05, 4.69) is 34.3 Å². The molecule has 2 unspecified atom stereocenters. The Balaban J connectivity index is 1.46. The van der Waals surface area contributed by atoms with Gasteiger partial charge in [-0.25, -0.2) is 0 Å². The second kappa shape index (κ2) is 6.22. The number of carboxylic acid groups (broad SMARTS) is 1. The number of carbonyl (C=O) groups excluding carboxylic acids is 1. The lowest BCUT2D eigenvalue weighted by molar-refractivity contribution is -0.152. The molecule has 1 aromatic carbocycles. The summed E-state index contributed by atoms with van der Waals surface area (Å²) in [5, 5.41) is 13.0. The largest absolute Gasteiger partial charge is 0.481 e. The van der Waals surface area contributed by atoms with Gasteiger partial charge in [-0.3, -0.25) is 9.59 Å². The number of benzene rings is 1. The quantitative estimate of drug-likeness (QED) is 0.804. The van der Waals surface area contributed by atoms with Gasteiger partial charge >= 0.3 is 5.97 Å². The minimum atomic E-state index is -0.856. The number of aromatic nitrogens is 1. The van der Waals surface area contributed by atoms with Crippen LogP contribution in [0.1, 0.15) is 19.3 Å². The van der Waals surface area contributed by atoms with Crippen LogP contribution in [-0.4, -0.2) is 28.1 Å². The fourth-order valence-electron chi connectivity index (χ4n) is 3.04. The standard InChI is InChI=1S/C17H20N2O3/c20-16(13-6-7-14(13)17(21)22)18-9-3-10-19-11-8-12-4-1-2-5-15(12)19/h1-2,4-5,8,11,13-14H,3,6-7,9-10H2,(H,18,20)(H,21,22). The Morgan fingerprint density at radius 1 is 1.18 bits per heavy atom. The fourth-order valence-corrected chi connectivity index (χ4v) is 3.04. The predicted octanol–water partition coefficient (Wildman–Crippen LogP) is 2.26. The molecule has 0 radical (unpaired) electrons. The Hall–Kier alpha value is -2.30. The third-order valence-electron chi connectivity index (χ3n) is 4.48. The van der Waals surface area contributed by atoms with Gasteiger partial charge in [0.2, 0.25) is 5.91 Å². The van der Waals surface area contributed by atoms with Crippen molar-refractivity contribution in [1.82, 2.24) is 9.88 Å². The lowest BCUT2D eigenvalue weighted by atomic mass is 9.73. The number of hydrogen-bond donors (Lipinski definition) is 2. The van der Waals surface area contributed by atoms with Gasteiger partial charge in [0.1, 0.15) is 0 Å². The number of amides is 1. The van der Waals surface area contributed by atoms with Crippen molar-refractivity contribution in [3.8, 4) is 0 Å². The van der Waals surface area contributed by atoms with E-state index in [-0.39, 0.29) is 11.8 Å². The molecule has 5 nitrogen and oxygen atoms in total. The molecule has 116 valence electrons. The smallest absolute Gasteiger partial charge is 0.307 e. The van der Waals surface area contributed by atoms with Crippen LogP contribution in [-0.2, 0) is 16.1 Å². The monoisotopic (exact) mass is 300 g/mol. The minimum absolute atomic E-state index is 0.115. The Bertz CT molecular complexity index is 692. The van der Waals surface area contributed by atoms with E-state index in [9.17, 15) is 9.59 Å². The summed E-state index contributed by atoms with van der Waals surface area (Å²) in [6, 6.07) is 10.3. The van der Waals surface area contributed by atoms with Crippen LogP contribution in [0.2, 0.25) is 0 Å². The summed E-state index contributed by atoms with van der Waals surface area (Å²) in [7, 11) is 0. The van der Waals surface area contributed by atoms with Gasteiger partial charge in [-0.15, -0.1) is 0 Å². The van der Waals surface area contributed by atoms with Gasteiger partial charge in [0, 0.05) is 24.8 Å². The molecule has 1 saturated carbocycles. The average Bonchev–Trinajstić information content (AvgIpc) is 2.85. The van der Waals surface area contributed by atoms with Gasteiger partial charge in [0.15, 0.2) is 0 Å². The summed E-state index contributed by atoms with van der Waals surface area (Å²) in [5.41, 5.74) is 1.19. The highest BCUT2D eigenvalue weighted by Gasteiger charge is 2.41. The van der Waals surface area contributed by atoms with Gasteiger partial charge in [-0.05, 0) is 36.8 Å². The van der Waals surface area contributed by atoms with E-state index in [4.69, 9.17) is 5.11 Å². The van der Waals surface area contributed by atoms with Gasteiger partial charge in [-0.1, -0.05) is 18.2 Å². The molecule has 0 aliphatic heterocycles. The second-order valence-corrected chi connectivity index (χ2v) is 5.84. The molecule has 1 amide bonds. The maximum atomic E-state index is 11.9. The van der Waals surface area contributed by atoms with Crippen LogP contribution in [0.4, 0.5) is 0 Å². The number of rotatable bonds is 6. The summed E-state index contributed by atoms with van der Waals surface area (Å²) in [4.78, 5) is 22.9. The third kappa shape index (κ3) is 2.84. The number of para-hydroxylation sites is 1. The molecule has 0 saturated heterocycles. The molecule has 22 heavy (non-hydrogen) atoms. The molecule has 0 bridgehead atoms. The maximum absolute atomic E-state index is 11.9. The number of nitrogens with zero attached hydrogens (tertiary/aromatic N) is 1. The van der Waals surface area contributed by atoms with E-state index >= 15 is 0 Å². The first-order chi connectivity index (χ1) is 10.7. The number of nitrogens with one attached hydrogen (secondary N) is 1. The maximum Gasteiger partial charge on any atom is 0.307 e. The van der Waals surface area contributed by atoms with E-state index in [1.807, 2.05) is 12.1 Å².